The molecule has 0 saturated carbocycles. The molecule has 3 amide bonds. The predicted molar refractivity (Wildman–Crippen MR) is 75.9 cm³/mol. The molecule has 2 N–H and O–H groups in total. The molecule has 21 heavy (non-hydrogen) atoms. The molecule has 2 rings (SSSR count). The molecule has 6 nitrogen and oxygen atoms in total. The van der Waals surface area contributed by atoms with Gasteiger partial charge < -0.3 is 10.4 Å². The van der Waals surface area contributed by atoms with Gasteiger partial charge in [0.1, 0.15) is 0 Å². The van der Waals surface area contributed by atoms with Gasteiger partial charge in [-0.15, -0.1) is 0 Å². The lowest BCUT2D eigenvalue weighted by atomic mass is 10.1. The van der Waals surface area contributed by atoms with Gasteiger partial charge in [0.15, 0.2) is 0 Å². The molecule has 0 aliphatic carbocycles. The molecule has 0 spiro atoms. The van der Waals surface area contributed by atoms with Crippen LogP contribution in [0, 0.1) is 6.92 Å². The molecule has 1 heterocycles. The normalized spacial score (nSPS) is 13.5. The van der Waals surface area contributed by atoms with Crippen molar-refractivity contribution in [2.75, 3.05) is 19.7 Å². The van der Waals surface area contributed by atoms with E-state index >= 15 is 0 Å². The van der Waals surface area contributed by atoms with Crippen LogP contribution in [0.25, 0.3) is 0 Å². The van der Waals surface area contributed by atoms with E-state index in [-0.39, 0.29) is 43.8 Å². The van der Waals surface area contributed by atoms with Crippen LogP contribution in [-0.2, 0) is 4.79 Å². The van der Waals surface area contributed by atoms with Crippen LogP contribution in [0.3, 0.4) is 0 Å². The third kappa shape index (κ3) is 3.28. The Bertz CT molecular complexity index is 583. The first-order chi connectivity index (χ1) is 10.0. The van der Waals surface area contributed by atoms with Gasteiger partial charge in [-0.1, -0.05) is 11.6 Å². The Morgan fingerprint density at radius 3 is 2.67 bits per heavy atom. The van der Waals surface area contributed by atoms with E-state index in [9.17, 15) is 14.4 Å². The first-order valence-electron chi connectivity index (χ1n) is 6.89. The smallest absolute Gasteiger partial charge is 0.261 e. The summed E-state index contributed by atoms with van der Waals surface area (Å²) in [6.07, 6.45) is 0.619. The number of imide groups is 1. The summed E-state index contributed by atoms with van der Waals surface area (Å²) in [6, 6.07) is 5.18. The van der Waals surface area contributed by atoms with Crippen LogP contribution in [0.4, 0.5) is 0 Å². The summed E-state index contributed by atoms with van der Waals surface area (Å²) in [6.45, 7) is 2.19. The van der Waals surface area contributed by atoms with Crippen molar-refractivity contribution in [1.82, 2.24) is 10.2 Å². The van der Waals surface area contributed by atoms with Crippen molar-refractivity contribution in [3.63, 3.8) is 0 Å². The summed E-state index contributed by atoms with van der Waals surface area (Å²) < 4.78 is 0. The highest BCUT2D eigenvalue weighted by atomic mass is 16.3. The van der Waals surface area contributed by atoms with E-state index in [1.54, 1.807) is 18.2 Å². The Hall–Kier alpha value is -2.21. The number of carbonyl (C=O) groups excluding carboxylic acids is 3. The summed E-state index contributed by atoms with van der Waals surface area (Å²) in [5, 5.41) is 11.1. The Labute approximate surface area is 122 Å². The number of hydrogen-bond donors (Lipinski definition) is 2. The fourth-order valence-corrected chi connectivity index (χ4v) is 2.29. The highest BCUT2D eigenvalue weighted by molar-refractivity contribution is 6.21. The van der Waals surface area contributed by atoms with Crippen molar-refractivity contribution in [3.8, 4) is 0 Å². The third-order valence-electron chi connectivity index (χ3n) is 3.35. The molecule has 112 valence electrons. The molecule has 0 radical (unpaired) electrons. The lowest BCUT2D eigenvalue weighted by Gasteiger charge is -2.13. The fourth-order valence-electron chi connectivity index (χ4n) is 2.29. The van der Waals surface area contributed by atoms with Gasteiger partial charge in [0.2, 0.25) is 5.91 Å². The number of hydrogen-bond acceptors (Lipinski definition) is 4. The number of fused-ring (bicyclic) bond motifs is 1. The molecule has 0 bridgehead atoms. The van der Waals surface area contributed by atoms with Crippen molar-refractivity contribution < 1.29 is 19.5 Å². The van der Waals surface area contributed by atoms with E-state index in [1.807, 2.05) is 6.92 Å². The standard InChI is InChI=1S/C15H18N2O4/c1-10-4-5-11-12(9-10)15(21)17(14(11)20)7-2-3-13(19)16-6-8-18/h4-5,9,18H,2-3,6-8H2,1H3,(H,16,19). The first kappa shape index (κ1) is 15.2. The molecule has 1 aliphatic heterocycles. The second-order valence-electron chi connectivity index (χ2n) is 4.99. The number of aliphatic hydroxyl groups excluding tert-OH is 1. The highest BCUT2D eigenvalue weighted by Gasteiger charge is 2.34. The Morgan fingerprint density at radius 2 is 1.95 bits per heavy atom. The van der Waals surface area contributed by atoms with Gasteiger partial charge in [-0.25, -0.2) is 0 Å². The van der Waals surface area contributed by atoms with Crippen molar-refractivity contribution in [3.05, 3.63) is 34.9 Å². The van der Waals surface area contributed by atoms with Crippen LogP contribution in [0.1, 0.15) is 39.1 Å². The van der Waals surface area contributed by atoms with Gasteiger partial charge in [-0.2, -0.15) is 0 Å². The second-order valence-corrected chi connectivity index (χ2v) is 4.99. The fraction of sp³-hybridized carbons (Fsp3) is 0.400. The molecule has 0 atom stereocenters. The number of benzene rings is 1. The number of amides is 3. The van der Waals surface area contributed by atoms with E-state index in [4.69, 9.17) is 5.11 Å². The van der Waals surface area contributed by atoms with E-state index in [2.05, 4.69) is 5.32 Å². The van der Waals surface area contributed by atoms with Crippen molar-refractivity contribution in [1.29, 1.82) is 0 Å². The molecule has 0 fully saturated rings. The van der Waals surface area contributed by atoms with Gasteiger partial charge in [0, 0.05) is 19.5 Å². The summed E-state index contributed by atoms with van der Waals surface area (Å²) in [7, 11) is 0. The second kappa shape index (κ2) is 6.49. The summed E-state index contributed by atoms with van der Waals surface area (Å²) >= 11 is 0. The van der Waals surface area contributed by atoms with Crippen LogP contribution in [0.15, 0.2) is 18.2 Å². The molecule has 1 aromatic rings. The van der Waals surface area contributed by atoms with E-state index in [1.165, 1.54) is 4.90 Å². The quantitative estimate of drug-likeness (QED) is 0.746. The minimum Gasteiger partial charge on any atom is -0.395 e. The monoisotopic (exact) mass is 290 g/mol. The summed E-state index contributed by atoms with van der Waals surface area (Å²) in [5.74, 6) is -0.795. The number of nitrogens with zero attached hydrogens (tertiary/aromatic N) is 1. The lowest BCUT2D eigenvalue weighted by molar-refractivity contribution is -0.121. The first-order valence-corrected chi connectivity index (χ1v) is 6.89. The molecule has 1 aromatic carbocycles. The molecule has 0 saturated heterocycles. The maximum absolute atomic E-state index is 12.2. The van der Waals surface area contributed by atoms with Crippen LogP contribution in [-0.4, -0.2) is 47.4 Å². The topological polar surface area (TPSA) is 86.7 Å². The minimum absolute atomic E-state index is 0.108. The summed E-state index contributed by atoms with van der Waals surface area (Å²) in [5.41, 5.74) is 1.79. The van der Waals surface area contributed by atoms with Crippen LogP contribution in [0.2, 0.25) is 0 Å². The van der Waals surface area contributed by atoms with Gasteiger partial charge in [-0.05, 0) is 25.5 Å². The van der Waals surface area contributed by atoms with E-state index < -0.39 is 0 Å². The van der Waals surface area contributed by atoms with Crippen molar-refractivity contribution in [2.24, 2.45) is 0 Å². The average Bonchev–Trinajstić information content (AvgIpc) is 2.69. The number of rotatable bonds is 6. The van der Waals surface area contributed by atoms with Gasteiger partial charge in [-0.3, -0.25) is 19.3 Å². The number of nitrogens with one attached hydrogen (secondary N) is 1. The van der Waals surface area contributed by atoms with Crippen LogP contribution < -0.4 is 5.32 Å². The van der Waals surface area contributed by atoms with E-state index in [0.717, 1.165) is 5.56 Å². The third-order valence-corrected chi connectivity index (χ3v) is 3.35. The number of aryl methyl sites for hydroxylation is 1. The zero-order valence-electron chi connectivity index (χ0n) is 11.9. The zero-order chi connectivity index (χ0) is 15.4. The molecule has 1 aliphatic rings. The molecule has 0 aromatic heterocycles. The summed E-state index contributed by atoms with van der Waals surface area (Å²) in [4.78, 5) is 36.9. The van der Waals surface area contributed by atoms with Gasteiger partial charge in [0.05, 0.1) is 17.7 Å². The maximum Gasteiger partial charge on any atom is 0.261 e. The number of carbonyl (C=O) groups is 3. The molecular weight excluding hydrogens is 272 g/mol. The van der Waals surface area contributed by atoms with Crippen molar-refractivity contribution in [2.45, 2.75) is 19.8 Å². The average molecular weight is 290 g/mol. The van der Waals surface area contributed by atoms with Crippen LogP contribution in [0.5, 0.6) is 0 Å². The SMILES string of the molecule is Cc1ccc2c(c1)C(=O)N(CCCC(=O)NCCO)C2=O. The highest BCUT2D eigenvalue weighted by Crippen LogP contribution is 2.24. The maximum atomic E-state index is 12.2. The largest absolute Gasteiger partial charge is 0.395 e. The Kier molecular flexibility index (Phi) is 4.70. The lowest BCUT2D eigenvalue weighted by Crippen LogP contribution is -2.32. The number of aliphatic hydroxyl groups is 1. The van der Waals surface area contributed by atoms with Crippen LogP contribution >= 0.6 is 0 Å². The molecule has 6 heteroatoms. The Balaban J connectivity index is 1.93. The van der Waals surface area contributed by atoms with E-state index in [0.29, 0.717) is 17.5 Å². The van der Waals surface area contributed by atoms with Gasteiger partial charge >= 0.3 is 0 Å². The van der Waals surface area contributed by atoms with Gasteiger partial charge in [0.25, 0.3) is 11.8 Å². The molecular formula is C15H18N2O4. The Morgan fingerprint density at radius 1 is 1.24 bits per heavy atom. The minimum atomic E-state index is -0.300. The predicted octanol–water partition coefficient (Wildman–Crippen LogP) is 0.480. The zero-order valence-corrected chi connectivity index (χ0v) is 11.9. The molecule has 0 unspecified atom stereocenters. The van der Waals surface area contributed by atoms with Crippen molar-refractivity contribution >= 4 is 17.7 Å².